The van der Waals surface area contributed by atoms with Gasteiger partial charge in [-0.3, -0.25) is 9.13 Å². The van der Waals surface area contributed by atoms with Crippen molar-refractivity contribution in [1.82, 2.24) is 14.1 Å². The molecule has 0 saturated heterocycles. The first-order valence-corrected chi connectivity index (χ1v) is 6.75. The topological polar surface area (TPSA) is 39.8 Å². The van der Waals surface area contributed by atoms with E-state index in [0.29, 0.717) is 13.1 Å². The van der Waals surface area contributed by atoms with Crippen LogP contribution in [0.5, 0.6) is 0 Å². The Morgan fingerprint density at radius 3 is 2.56 bits per heavy atom. The molecule has 2 aromatic heterocycles. The van der Waals surface area contributed by atoms with Crippen molar-refractivity contribution in [3.05, 3.63) is 51.3 Å². The molecule has 2 heterocycles. The van der Waals surface area contributed by atoms with Gasteiger partial charge in [0.05, 0.1) is 17.6 Å². The third-order valence-electron chi connectivity index (χ3n) is 3.02. The van der Waals surface area contributed by atoms with Crippen LogP contribution in [0.2, 0.25) is 0 Å². The molecule has 92 valence electrons. The molecule has 0 atom stereocenters. The fourth-order valence-corrected chi connectivity index (χ4v) is 2.80. The summed E-state index contributed by atoms with van der Waals surface area (Å²) in [6, 6.07) is 7.89. The zero-order valence-electron chi connectivity index (χ0n) is 10.0. The quantitative estimate of drug-likeness (QED) is 0.724. The summed E-state index contributed by atoms with van der Waals surface area (Å²) in [5, 5.41) is 2.88. The molecule has 3 rings (SSSR count). The highest BCUT2D eigenvalue weighted by Crippen LogP contribution is 2.15. The van der Waals surface area contributed by atoms with Gasteiger partial charge in [0.1, 0.15) is 5.01 Å². The Labute approximate surface area is 108 Å². The molecular formula is C13H13N3OS. The van der Waals surface area contributed by atoms with Crippen LogP contribution < -0.4 is 5.69 Å². The Morgan fingerprint density at radius 2 is 1.94 bits per heavy atom. The molecule has 0 aliphatic rings. The average Bonchev–Trinajstić information content (AvgIpc) is 2.98. The van der Waals surface area contributed by atoms with E-state index in [1.54, 1.807) is 26.7 Å². The normalized spacial score (nSPS) is 11.2. The van der Waals surface area contributed by atoms with E-state index in [4.69, 9.17) is 0 Å². The molecule has 0 fully saturated rings. The zero-order valence-corrected chi connectivity index (χ0v) is 10.9. The molecule has 0 aliphatic carbocycles. The molecule has 0 saturated carbocycles. The van der Waals surface area contributed by atoms with Crippen LogP contribution in [-0.4, -0.2) is 14.1 Å². The van der Waals surface area contributed by atoms with Crippen molar-refractivity contribution in [2.75, 3.05) is 0 Å². The standard InChI is InChI=1S/C13H13N3OS/c1-2-15-10-5-3-4-6-11(10)16(13(15)17)9-12-14-7-8-18-12/h3-8H,2,9H2,1H3. The van der Waals surface area contributed by atoms with Gasteiger partial charge in [0.2, 0.25) is 0 Å². The summed E-state index contributed by atoms with van der Waals surface area (Å²) in [6.07, 6.45) is 1.77. The first-order chi connectivity index (χ1) is 8.81. The second-order valence-electron chi connectivity index (χ2n) is 4.03. The highest BCUT2D eigenvalue weighted by atomic mass is 32.1. The van der Waals surface area contributed by atoms with Gasteiger partial charge in [0.25, 0.3) is 0 Å². The second kappa shape index (κ2) is 4.42. The molecule has 0 spiro atoms. The third kappa shape index (κ3) is 1.67. The predicted octanol–water partition coefficient (Wildman–Crippen LogP) is 2.33. The second-order valence-corrected chi connectivity index (χ2v) is 5.01. The van der Waals surface area contributed by atoms with Crippen molar-refractivity contribution in [3.8, 4) is 0 Å². The fourth-order valence-electron chi connectivity index (χ4n) is 2.20. The fraction of sp³-hybridized carbons (Fsp3) is 0.231. The highest BCUT2D eigenvalue weighted by Gasteiger charge is 2.12. The van der Waals surface area contributed by atoms with Crippen molar-refractivity contribution >= 4 is 22.4 Å². The summed E-state index contributed by atoms with van der Waals surface area (Å²) in [4.78, 5) is 16.6. The van der Waals surface area contributed by atoms with E-state index >= 15 is 0 Å². The van der Waals surface area contributed by atoms with Crippen molar-refractivity contribution < 1.29 is 0 Å². The smallest absolute Gasteiger partial charge is 0.292 e. The van der Waals surface area contributed by atoms with Crippen LogP contribution in [0.15, 0.2) is 40.6 Å². The number of para-hydroxylation sites is 2. The minimum Gasteiger partial charge on any atom is -0.292 e. The first-order valence-electron chi connectivity index (χ1n) is 5.87. The van der Waals surface area contributed by atoms with Crippen molar-refractivity contribution in [2.45, 2.75) is 20.0 Å². The zero-order chi connectivity index (χ0) is 12.5. The minimum absolute atomic E-state index is 0.0360. The van der Waals surface area contributed by atoms with Crippen LogP contribution >= 0.6 is 11.3 Å². The molecule has 0 amide bonds. The van der Waals surface area contributed by atoms with E-state index in [1.165, 1.54) is 0 Å². The van der Waals surface area contributed by atoms with E-state index in [9.17, 15) is 4.79 Å². The number of imidazole rings is 1. The van der Waals surface area contributed by atoms with Gasteiger partial charge in [-0.2, -0.15) is 0 Å². The average molecular weight is 259 g/mol. The Balaban J connectivity index is 2.22. The van der Waals surface area contributed by atoms with E-state index in [0.717, 1.165) is 16.0 Å². The number of benzene rings is 1. The van der Waals surface area contributed by atoms with Crippen molar-refractivity contribution in [1.29, 1.82) is 0 Å². The number of aromatic nitrogens is 3. The number of hydrogen-bond acceptors (Lipinski definition) is 3. The Hall–Kier alpha value is -1.88. The van der Waals surface area contributed by atoms with Crippen molar-refractivity contribution in [3.63, 3.8) is 0 Å². The lowest BCUT2D eigenvalue weighted by atomic mass is 10.3. The molecule has 3 aromatic rings. The number of hydrogen-bond donors (Lipinski definition) is 0. The SMILES string of the molecule is CCn1c(=O)n(Cc2nccs2)c2ccccc21. The number of aryl methyl sites for hydroxylation is 1. The monoisotopic (exact) mass is 259 g/mol. The Morgan fingerprint density at radius 1 is 1.22 bits per heavy atom. The molecule has 0 bridgehead atoms. The summed E-state index contributed by atoms with van der Waals surface area (Å²) in [5.74, 6) is 0. The number of fused-ring (bicyclic) bond motifs is 1. The summed E-state index contributed by atoms with van der Waals surface area (Å²) in [5.41, 5.74) is 2.00. The molecular weight excluding hydrogens is 246 g/mol. The van der Waals surface area contributed by atoms with Gasteiger partial charge in [-0.15, -0.1) is 11.3 Å². The van der Waals surface area contributed by atoms with Gasteiger partial charge in [0.15, 0.2) is 0 Å². The maximum atomic E-state index is 12.3. The van der Waals surface area contributed by atoms with Gasteiger partial charge < -0.3 is 0 Å². The van der Waals surface area contributed by atoms with Gasteiger partial charge >= 0.3 is 5.69 Å². The van der Waals surface area contributed by atoms with E-state index in [1.807, 2.05) is 36.6 Å². The van der Waals surface area contributed by atoms with Crippen LogP contribution in [0.4, 0.5) is 0 Å². The third-order valence-corrected chi connectivity index (χ3v) is 3.78. The van der Waals surface area contributed by atoms with Gasteiger partial charge in [-0.05, 0) is 19.1 Å². The van der Waals surface area contributed by atoms with Crippen molar-refractivity contribution in [2.24, 2.45) is 0 Å². The number of nitrogens with zero attached hydrogens (tertiary/aromatic N) is 3. The summed E-state index contributed by atoms with van der Waals surface area (Å²) in [7, 11) is 0. The first kappa shape index (κ1) is 11.2. The van der Waals surface area contributed by atoms with Gasteiger partial charge in [-0.25, -0.2) is 9.78 Å². The predicted molar refractivity (Wildman–Crippen MR) is 73.1 cm³/mol. The molecule has 5 heteroatoms. The summed E-state index contributed by atoms with van der Waals surface area (Å²) >= 11 is 1.57. The Bertz CT molecular complexity index is 724. The lowest BCUT2D eigenvalue weighted by Gasteiger charge is -1.99. The van der Waals surface area contributed by atoms with Crippen LogP contribution in [0.3, 0.4) is 0 Å². The van der Waals surface area contributed by atoms with Crippen LogP contribution in [0, 0.1) is 0 Å². The van der Waals surface area contributed by atoms with E-state index < -0.39 is 0 Å². The molecule has 0 radical (unpaired) electrons. The molecule has 0 N–H and O–H groups in total. The molecule has 0 unspecified atom stereocenters. The number of thiazole rings is 1. The van der Waals surface area contributed by atoms with Crippen LogP contribution in [0.1, 0.15) is 11.9 Å². The lowest BCUT2D eigenvalue weighted by Crippen LogP contribution is -2.24. The maximum Gasteiger partial charge on any atom is 0.329 e. The van der Waals surface area contributed by atoms with Gasteiger partial charge in [-0.1, -0.05) is 12.1 Å². The van der Waals surface area contributed by atoms with E-state index in [2.05, 4.69) is 4.98 Å². The largest absolute Gasteiger partial charge is 0.329 e. The maximum absolute atomic E-state index is 12.3. The lowest BCUT2D eigenvalue weighted by molar-refractivity contribution is 0.683. The molecule has 0 aliphatic heterocycles. The van der Waals surface area contributed by atoms with E-state index in [-0.39, 0.29) is 5.69 Å². The summed E-state index contributed by atoms with van der Waals surface area (Å²) < 4.78 is 3.58. The van der Waals surface area contributed by atoms with Gasteiger partial charge in [0, 0.05) is 18.1 Å². The minimum atomic E-state index is 0.0360. The van der Waals surface area contributed by atoms with Crippen LogP contribution in [-0.2, 0) is 13.1 Å². The number of rotatable bonds is 3. The molecule has 1 aromatic carbocycles. The summed E-state index contributed by atoms with van der Waals surface area (Å²) in [6.45, 7) is 3.22. The highest BCUT2D eigenvalue weighted by molar-refractivity contribution is 7.09. The Kier molecular flexibility index (Phi) is 2.76. The van der Waals surface area contributed by atoms with Crippen LogP contribution in [0.25, 0.3) is 11.0 Å². The molecule has 18 heavy (non-hydrogen) atoms. The molecule has 4 nitrogen and oxygen atoms in total.